The molecule has 1 atom stereocenters. The van der Waals surface area contributed by atoms with Crippen molar-refractivity contribution in [2.24, 2.45) is 5.73 Å². The van der Waals surface area contributed by atoms with E-state index >= 15 is 0 Å². The summed E-state index contributed by atoms with van der Waals surface area (Å²) in [6.45, 7) is 2.25. The van der Waals surface area contributed by atoms with E-state index in [1.807, 2.05) is 25.1 Å². The number of urea groups is 1. The number of carbonyl (C=O) groups excluding carboxylic acids is 2. The van der Waals surface area contributed by atoms with Crippen LogP contribution in [0.3, 0.4) is 0 Å². The maximum absolute atomic E-state index is 12.1. The van der Waals surface area contributed by atoms with Gasteiger partial charge in [-0.3, -0.25) is 4.79 Å². The molecule has 0 radical (unpaired) electrons. The van der Waals surface area contributed by atoms with E-state index in [0.717, 1.165) is 5.56 Å². The Labute approximate surface area is 119 Å². The van der Waals surface area contributed by atoms with Gasteiger partial charge in [-0.15, -0.1) is 0 Å². The molecule has 1 rings (SSSR count). The molecule has 1 aromatic carbocycles. The monoisotopic (exact) mass is 278 g/mol. The SMILES string of the molecule is CNC(=O)C[C@H](C)N(C)C(=O)Nc1cccc(CN)c1. The summed E-state index contributed by atoms with van der Waals surface area (Å²) in [4.78, 5) is 24.9. The molecule has 4 N–H and O–H groups in total. The first-order valence-electron chi connectivity index (χ1n) is 6.51. The molecule has 0 unspecified atom stereocenters. The van der Waals surface area contributed by atoms with Gasteiger partial charge in [-0.1, -0.05) is 12.1 Å². The number of anilines is 1. The molecule has 0 aliphatic carbocycles. The van der Waals surface area contributed by atoms with Crippen molar-refractivity contribution in [2.45, 2.75) is 25.9 Å². The summed E-state index contributed by atoms with van der Waals surface area (Å²) in [6, 6.07) is 6.92. The lowest BCUT2D eigenvalue weighted by Gasteiger charge is -2.24. The summed E-state index contributed by atoms with van der Waals surface area (Å²) in [5.74, 6) is -0.0951. The molecular weight excluding hydrogens is 256 g/mol. The molecule has 6 heteroatoms. The molecule has 0 saturated carbocycles. The van der Waals surface area contributed by atoms with Gasteiger partial charge in [0.1, 0.15) is 0 Å². The predicted molar refractivity (Wildman–Crippen MR) is 79.3 cm³/mol. The van der Waals surface area contributed by atoms with Crippen molar-refractivity contribution in [1.29, 1.82) is 0 Å². The van der Waals surface area contributed by atoms with Crippen LogP contribution < -0.4 is 16.4 Å². The Morgan fingerprint density at radius 2 is 2.10 bits per heavy atom. The molecule has 3 amide bonds. The zero-order valence-electron chi connectivity index (χ0n) is 12.1. The maximum Gasteiger partial charge on any atom is 0.321 e. The van der Waals surface area contributed by atoms with Crippen molar-refractivity contribution in [1.82, 2.24) is 10.2 Å². The Bertz CT molecular complexity index is 476. The normalized spacial score (nSPS) is 11.6. The number of hydrogen-bond donors (Lipinski definition) is 3. The van der Waals surface area contributed by atoms with E-state index in [0.29, 0.717) is 12.2 Å². The lowest BCUT2D eigenvalue weighted by atomic mass is 10.2. The number of nitrogens with one attached hydrogen (secondary N) is 2. The van der Waals surface area contributed by atoms with Gasteiger partial charge in [0.05, 0.1) is 0 Å². The highest BCUT2D eigenvalue weighted by Crippen LogP contribution is 2.12. The molecule has 0 spiro atoms. The predicted octanol–water partition coefficient (Wildman–Crippen LogP) is 1.13. The number of carbonyl (C=O) groups is 2. The Balaban J connectivity index is 2.62. The van der Waals surface area contributed by atoms with Crippen LogP contribution in [0.4, 0.5) is 10.5 Å². The second kappa shape index (κ2) is 7.49. The van der Waals surface area contributed by atoms with Crippen LogP contribution >= 0.6 is 0 Å². The molecule has 110 valence electrons. The number of rotatable bonds is 5. The van der Waals surface area contributed by atoms with Crippen LogP contribution in [-0.2, 0) is 11.3 Å². The summed E-state index contributed by atoms with van der Waals surface area (Å²) in [7, 11) is 3.24. The molecular formula is C14H22N4O2. The standard InChI is InChI=1S/C14H22N4O2/c1-10(7-13(19)16-2)18(3)14(20)17-12-6-4-5-11(8-12)9-15/h4-6,8,10H,7,9,15H2,1-3H3,(H,16,19)(H,17,20)/t10-/m0/s1. The molecule has 0 aliphatic rings. The molecule has 1 aromatic rings. The zero-order chi connectivity index (χ0) is 15.1. The lowest BCUT2D eigenvalue weighted by molar-refractivity contribution is -0.121. The van der Waals surface area contributed by atoms with Crippen LogP contribution in [0.1, 0.15) is 18.9 Å². The van der Waals surface area contributed by atoms with Crippen molar-refractivity contribution in [3.05, 3.63) is 29.8 Å². The molecule has 0 saturated heterocycles. The van der Waals surface area contributed by atoms with Crippen LogP contribution in [-0.4, -0.2) is 37.0 Å². The second-order valence-electron chi connectivity index (χ2n) is 4.67. The summed E-state index contributed by atoms with van der Waals surface area (Å²) in [5.41, 5.74) is 7.20. The average Bonchev–Trinajstić information content (AvgIpc) is 2.46. The quantitative estimate of drug-likeness (QED) is 0.754. The number of amides is 3. The summed E-state index contributed by atoms with van der Waals surface area (Å²) in [5, 5.41) is 5.33. The van der Waals surface area contributed by atoms with Crippen molar-refractivity contribution in [2.75, 3.05) is 19.4 Å². The molecule has 20 heavy (non-hydrogen) atoms. The van der Waals surface area contributed by atoms with Gasteiger partial charge < -0.3 is 21.3 Å². The van der Waals surface area contributed by atoms with Gasteiger partial charge in [-0.2, -0.15) is 0 Å². The van der Waals surface area contributed by atoms with Crippen molar-refractivity contribution in [3.8, 4) is 0 Å². The molecule has 0 aliphatic heterocycles. The first-order chi connectivity index (χ1) is 9.47. The highest BCUT2D eigenvalue weighted by atomic mass is 16.2. The first-order valence-corrected chi connectivity index (χ1v) is 6.51. The minimum Gasteiger partial charge on any atom is -0.359 e. The van der Waals surface area contributed by atoms with Gasteiger partial charge in [0.2, 0.25) is 5.91 Å². The third-order valence-corrected chi connectivity index (χ3v) is 3.16. The van der Waals surface area contributed by atoms with E-state index in [9.17, 15) is 9.59 Å². The topological polar surface area (TPSA) is 87.5 Å². The van der Waals surface area contributed by atoms with Gasteiger partial charge in [-0.25, -0.2) is 4.79 Å². The van der Waals surface area contributed by atoms with Gasteiger partial charge in [0, 0.05) is 38.8 Å². The average molecular weight is 278 g/mol. The third kappa shape index (κ3) is 4.55. The summed E-state index contributed by atoms with van der Waals surface area (Å²) in [6.07, 6.45) is 0.267. The summed E-state index contributed by atoms with van der Waals surface area (Å²) < 4.78 is 0. The van der Waals surface area contributed by atoms with Crippen LogP contribution in [0.2, 0.25) is 0 Å². The van der Waals surface area contributed by atoms with Gasteiger partial charge >= 0.3 is 6.03 Å². The minimum absolute atomic E-state index is 0.0951. The highest BCUT2D eigenvalue weighted by molar-refractivity contribution is 5.89. The van der Waals surface area contributed by atoms with E-state index in [1.54, 1.807) is 20.2 Å². The van der Waals surface area contributed by atoms with Crippen molar-refractivity contribution >= 4 is 17.6 Å². The lowest BCUT2D eigenvalue weighted by Crippen LogP contribution is -2.40. The minimum atomic E-state index is -0.254. The van der Waals surface area contributed by atoms with E-state index in [4.69, 9.17) is 5.73 Å². The number of hydrogen-bond acceptors (Lipinski definition) is 3. The molecule has 6 nitrogen and oxygen atoms in total. The maximum atomic E-state index is 12.1. The van der Waals surface area contributed by atoms with Crippen LogP contribution in [0, 0.1) is 0 Å². The molecule has 0 heterocycles. The number of benzene rings is 1. The fraction of sp³-hybridized carbons (Fsp3) is 0.429. The van der Waals surface area contributed by atoms with Gasteiger partial charge in [-0.05, 0) is 24.6 Å². The zero-order valence-corrected chi connectivity index (χ0v) is 12.1. The number of nitrogens with two attached hydrogens (primary N) is 1. The van der Waals surface area contributed by atoms with Gasteiger partial charge in [0.25, 0.3) is 0 Å². The first kappa shape index (κ1) is 16.0. The van der Waals surface area contributed by atoms with E-state index < -0.39 is 0 Å². The Morgan fingerprint density at radius 1 is 1.40 bits per heavy atom. The molecule has 0 aromatic heterocycles. The van der Waals surface area contributed by atoms with E-state index in [2.05, 4.69) is 10.6 Å². The molecule has 0 bridgehead atoms. The third-order valence-electron chi connectivity index (χ3n) is 3.16. The van der Waals surface area contributed by atoms with Crippen LogP contribution in [0.15, 0.2) is 24.3 Å². The number of nitrogens with zero attached hydrogens (tertiary/aromatic N) is 1. The van der Waals surface area contributed by atoms with Crippen molar-refractivity contribution < 1.29 is 9.59 Å². The van der Waals surface area contributed by atoms with E-state index in [-0.39, 0.29) is 24.4 Å². The largest absolute Gasteiger partial charge is 0.359 e. The van der Waals surface area contributed by atoms with Gasteiger partial charge in [0.15, 0.2) is 0 Å². The fourth-order valence-electron chi connectivity index (χ4n) is 1.70. The van der Waals surface area contributed by atoms with Crippen molar-refractivity contribution in [3.63, 3.8) is 0 Å². The Kier molecular flexibility index (Phi) is 5.99. The Morgan fingerprint density at radius 3 is 2.70 bits per heavy atom. The fourth-order valence-corrected chi connectivity index (χ4v) is 1.70. The van der Waals surface area contributed by atoms with Crippen LogP contribution in [0.25, 0.3) is 0 Å². The van der Waals surface area contributed by atoms with E-state index in [1.165, 1.54) is 4.90 Å². The van der Waals surface area contributed by atoms with Crippen LogP contribution in [0.5, 0.6) is 0 Å². The second-order valence-corrected chi connectivity index (χ2v) is 4.67. The molecule has 0 fully saturated rings. The Hall–Kier alpha value is -2.08. The smallest absolute Gasteiger partial charge is 0.321 e. The highest BCUT2D eigenvalue weighted by Gasteiger charge is 2.18. The summed E-state index contributed by atoms with van der Waals surface area (Å²) >= 11 is 0.